The Kier molecular flexibility index (Phi) is 13.2. The van der Waals surface area contributed by atoms with Gasteiger partial charge in [0, 0.05) is 81.4 Å². The van der Waals surface area contributed by atoms with Crippen molar-refractivity contribution in [3.05, 3.63) is 155 Å². The van der Waals surface area contributed by atoms with Crippen molar-refractivity contribution < 1.29 is 0 Å². The normalized spacial score (nSPS) is 15.6. The number of benzene rings is 6. The van der Waals surface area contributed by atoms with Gasteiger partial charge in [-0.3, -0.25) is 14.0 Å². The lowest BCUT2D eigenvalue weighted by Crippen LogP contribution is -2.26. The Morgan fingerprint density at radius 2 is 0.882 bits per heavy atom. The van der Waals surface area contributed by atoms with Crippen molar-refractivity contribution >= 4 is 109 Å². The maximum atomic E-state index is 4.90. The molecule has 12 aromatic rings. The van der Waals surface area contributed by atoms with Gasteiger partial charge in [-0.05, 0) is 170 Å². The lowest BCUT2D eigenvalue weighted by Gasteiger charge is -2.20. The van der Waals surface area contributed by atoms with Crippen LogP contribution in [0.2, 0.25) is 0 Å². The number of aromatic nitrogens is 9. The van der Waals surface area contributed by atoms with E-state index >= 15 is 0 Å². The summed E-state index contributed by atoms with van der Waals surface area (Å²) in [5.74, 6) is 0.619. The van der Waals surface area contributed by atoms with Gasteiger partial charge in [0.2, 0.25) is 0 Å². The summed E-state index contributed by atoms with van der Waals surface area (Å²) in [5, 5.41) is 27.3. The number of fused-ring (bicyclic) bond motifs is 6. The third-order valence-corrected chi connectivity index (χ3v) is 18.1. The average molecular weight is 1060 g/mol. The van der Waals surface area contributed by atoms with Crippen LogP contribution >= 0.6 is 34.0 Å². The summed E-state index contributed by atoms with van der Waals surface area (Å²) in [6, 6.07) is 39.2. The third-order valence-electron chi connectivity index (χ3n) is 14.8. The Morgan fingerprint density at radius 1 is 0.447 bits per heavy atom. The molecule has 380 valence electrons. The summed E-state index contributed by atoms with van der Waals surface area (Å²) >= 11 is 5.47. The molecule has 12 nitrogen and oxygen atoms in total. The summed E-state index contributed by atoms with van der Waals surface area (Å²) in [5.41, 5.74) is 16.6. The molecule has 0 radical (unpaired) electrons. The molecule has 6 aromatic carbocycles. The molecule has 0 unspecified atom stereocenters. The van der Waals surface area contributed by atoms with Crippen LogP contribution in [0.3, 0.4) is 0 Å². The molecular formula is C61H58N12S3. The van der Waals surface area contributed by atoms with Crippen LogP contribution in [-0.2, 0) is 21.1 Å². The quantitative estimate of drug-likeness (QED) is 0.168. The predicted molar refractivity (Wildman–Crippen MR) is 318 cm³/mol. The number of thiazole rings is 3. The number of hydrogen-bond donors (Lipinski definition) is 2. The topological polar surface area (TPSA) is 119 Å². The molecule has 9 heterocycles. The van der Waals surface area contributed by atoms with Crippen molar-refractivity contribution in [1.29, 1.82) is 0 Å². The van der Waals surface area contributed by atoms with Crippen LogP contribution in [0.5, 0.6) is 0 Å². The van der Waals surface area contributed by atoms with E-state index < -0.39 is 0 Å². The first-order chi connectivity index (χ1) is 37.2. The first-order valence-corrected chi connectivity index (χ1v) is 28.6. The van der Waals surface area contributed by atoms with Gasteiger partial charge < -0.3 is 15.5 Å². The van der Waals surface area contributed by atoms with E-state index in [1.165, 1.54) is 97.6 Å². The van der Waals surface area contributed by atoms with Gasteiger partial charge in [-0.15, -0.1) is 34.0 Å². The number of rotatable bonds is 6. The third kappa shape index (κ3) is 10.1. The fraction of sp³-hybridized carbons (Fsp3) is 0.246. The summed E-state index contributed by atoms with van der Waals surface area (Å²) in [6.07, 6.45) is 15.3. The minimum atomic E-state index is 0.619. The molecule has 2 N–H and O–H groups in total. The minimum Gasteiger partial charge on any atom is -0.317 e. The number of hydrogen-bond acceptors (Lipinski definition) is 12. The molecule has 0 atom stereocenters. The Hall–Kier alpha value is -7.24. The fourth-order valence-electron chi connectivity index (χ4n) is 10.6. The van der Waals surface area contributed by atoms with Crippen molar-refractivity contribution in [2.24, 2.45) is 21.1 Å². The maximum Gasteiger partial charge on any atom is 0.120 e. The first-order valence-electron chi connectivity index (χ1n) is 26.2. The zero-order chi connectivity index (χ0) is 51.3. The summed E-state index contributed by atoms with van der Waals surface area (Å²) in [6.45, 7) is 6.33. The van der Waals surface area contributed by atoms with Gasteiger partial charge in [-0.25, -0.2) is 15.0 Å². The van der Waals surface area contributed by atoms with Crippen LogP contribution in [0.4, 0.5) is 0 Å². The van der Waals surface area contributed by atoms with Gasteiger partial charge >= 0.3 is 0 Å². The predicted octanol–water partition coefficient (Wildman–Crippen LogP) is 13.1. The molecule has 15 heteroatoms. The lowest BCUT2D eigenvalue weighted by atomic mass is 9.99. The van der Waals surface area contributed by atoms with Crippen LogP contribution in [0, 0.1) is 0 Å². The van der Waals surface area contributed by atoms with Crippen molar-refractivity contribution in [3.8, 4) is 33.4 Å². The highest BCUT2D eigenvalue weighted by atomic mass is 32.1. The van der Waals surface area contributed by atoms with Gasteiger partial charge in [0.05, 0.1) is 52.2 Å². The zero-order valence-electron chi connectivity index (χ0n) is 43.1. The number of likely N-dealkylation sites (N-methyl/N-ethyl adjacent to an activating group) is 1. The Morgan fingerprint density at radius 3 is 1.33 bits per heavy atom. The van der Waals surface area contributed by atoms with Gasteiger partial charge in [0.15, 0.2) is 0 Å². The standard InChI is InChI=1S/C21H20N4S.C20H20N4S.C20H18N4S/c1-24-9-7-14(8-10-24)21-22-19-6-4-16(12-20(19)26-21)15-3-5-18-17(11-15)13-25(2)23-18;2*1-24-12-16-10-14(2-4-17(16)23-24)15-3-5-18-19(11-15)25-20(22-18)13-6-8-21-9-7-13/h3-7,11-13H,8-10H2,1-2H3;2-5,10-13,21H,6-9H2,1H3;2-6,10-12,21H,7-9H2,1H3. The van der Waals surface area contributed by atoms with Gasteiger partial charge in [0.25, 0.3) is 0 Å². The van der Waals surface area contributed by atoms with Gasteiger partial charge in [0.1, 0.15) is 10.0 Å². The fourth-order valence-corrected chi connectivity index (χ4v) is 13.9. The Labute approximate surface area is 453 Å². The molecule has 1 fully saturated rings. The minimum absolute atomic E-state index is 0.619. The maximum absolute atomic E-state index is 4.90. The highest BCUT2D eigenvalue weighted by Gasteiger charge is 2.20. The smallest absolute Gasteiger partial charge is 0.120 e. The van der Waals surface area contributed by atoms with E-state index in [0.29, 0.717) is 5.92 Å². The van der Waals surface area contributed by atoms with Crippen molar-refractivity contribution in [1.82, 2.24) is 59.8 Å². The molecule has 0 saturated carbocycles. The van der Waals surface area contributed by atoms with Crippen LogP contribution in [0.25, 0.3) is 108 Å². The molecule has 0 aliphatic carbocycles. The molecule has 0 amide bonds. The number of piperidine rings is 1. The first kappa shape index (κ1) is 48.4. The molecule has 3 aliphatic heterocycles. The average Bonchev–Trinajstić information content (AvgIpc) is 4.33. The van der Waals surface area contributed by atoms with E-state index in [2.05, 4.69) is 178 Å². The largest absolute Gasteiger partial charge is 0.317 e. The second-order valence-electron chi connectivity index (χ2n) is 20.3. The zero-order valence-corrected chi connectivity index (χ0v) is 45.6. The molecule has 76 heavy (non-hydrogen) atoms. The summed E-state index contributed by atoms with van der Waals surface area (Å²) in [4.78, 5) is 16.9. The van der Waals surface area contributed by atoms with E-state index in [-0.39, 0.29) is 0 Å². The molecule has 15 rings (SSSR count). The van der Waals surface area contributed by atoms with E-state index in [0.717, 1.165) is 90.2 Å². The molecular weight excluding hydrogens is 997 g/mol. The number of nitrogens with zero attached hydrogens (tertiary/aromatic N) is 10. The van der Waals surface area contributed by atoms with E-state index in [9.17, 15) is 0 Å². The van der Waals surface area contributed by atoms with Crippen LogP contribution in [0.15, 0.2) is 140 Å². The SMILES string of the molecule is CN1CC=C(c2nc3ccc(-c4ccc5nn(C)cc5c4)cc3s2)CC1.Cn1cc2cc(-c3ccc4nc(C5=CCNCC5)sc4c3)ccc2n1.Cn1cc2cc(-c3ccc4nc(C5CCNCC5)sc4c3)ccc2n1. The van der Waals surface area contributed by atoms with Crippen molar-refractivity contribution in [2.45, 2.75) is 31.6 Å². The van der Waals surface area contributed by atoms with Crippen molar-refractivity contribution in [3.63, 3.8) is 0 Å². The highest BCUT2D eigenvalue weighted by Crippen LogP contribution is 2.38. The lowest BCUT2D eigenvalue weighted by molar-refractivity contribution is 0.370. The van der Waals surface area contributed by atoms with Gasteiger partial charge in [-0.1, -0.05) is 48.6 Å². The summed E-state index contributed by atoms with van der Waals surface area (Å²) in [7, 11) is 8.05. The Bertz CT molecular complexity index is 4180. The number of aryl methyl sites for hydroxylation is 3. The summed E-state index contributed by atoms with van der Waals surface area (Å²) < 4.78 is 9.38. The van der Waals surface area contributed by atoms with Crippen LogP contribution in [-0.4, -0.2) is 95.5 Å². The highest BCUT2D eigenvalue weighted by molar-refractivity contribution is 7.20. The Balaban J connectivity index is 0.000000109. The molecule has 1 saturated heterocycles. The van der Waals surface area contributed by atoms with E-state index in [1.54, 1.807) is 11.3 Å². The van der Waals surface area contributed by atoms with Crippen LogP contribution < -0.4 is 10.6 Å². The van der Waals surface area contributed by atoms with E-state index in [4.69, 9.17) is 15.0 Å². The molecule has 6 aromatic heterocycles. The second-order valence-corrected chi connectivity index (χ2v) is 23.4. The van der Waals surface area contributed by atoms with Crippen molar-refractivity contribution in [2.75, 3.05) is 46.3 Å². The second kappa shape index (κ2) is 20.7. The van der Waals surface area contributed by atoms with Crippen LogP contribution in [0.1, 0.15) is 46.6 Å². The van der Waals surface area contributed by atoms with Gasteiger partial charge in [-0.2, -0.15) is 15.3 Å². The number of nitrogens with one attached hydrogen (secondary N) is 2. The monoisotopic (exact) mass is 1050 g/mol. The molecule has 0 bridgehead atoms. The van der Waals surface area contributed by atoms with E-state index in [1.807, 2.05) is 57.9 Å². The molecule has 3 aliphatic rings. The molecule has 0 spiro atoms.